The van der Waals surface area contributed by atoms with Gasteiger partial charge in [-0.2, -0.15) is 0 Å². The second kappa shape index (κ2) is 4.62. The minimum Gasteiger partial charge on any atom is -0.496 e. The maximum Gasteiger partial charge on any atom is 0.124 e. The quantitative estimate of drug-likeness (QED) is 0.856. The lowest BCUT2D eigenvalue weighted by molar-refractivity contribution is 0.376. The van der Waals surface area contributed by atoms with Gasteiger partial charge in [0.25, 0.3) is 0 Å². The second-order valence-electron chi connectivity index (χ2n) is 4.64. The summed E-state index contributed by atoms with van der Waals surface area (Å²) in [6.07, 6.45) is 0. The molecule has 4 N–H and O–H groups in total. The smallest absolute Gasteiger partial charge is 0.124 e. The molecule has 0 radical (unpaired) electrons. The summed E-state index contributed by atoms with van der Waals surface area (Å²) in [5, 5.41) is 0.676. The average Bonchev–Trinajstić information content (AvgIpc) is 2.19. The van der Waals surface area contributed by atoms with Crippen LogP contribution in [0.15, 0.2) is 12.1 Å². The van der Waals surface area contributed by atoms with E-state index in [1.807, 2.05) is 32.9 Å². The summed E-state index contributed by atoms with van der Waals surface area (Å²) in [7, 11) is 1.61. The highest BCUT2D eigenvalue weighted by Crippen LogP contribution is 2.33. The van der Waals surface area contributed by atoms with Gasteiger partial charge in [0.1, 0.15) is 5.75 Å². The van der Waals surface area contributed by atoms with Gasteiger partial charge in [-0.05, 0) is 38.5 Å². The van der Waals surface area contributed by atoms with Gasteiger partial charge < -0.3 is 16.2 Å². The van der Waals surface area contributed by atoms with Gasteiger partial charge in [0, 0.05) is 16.1 Å². The number of halogens is 1. The van der Waals surface area contributed by atoms with Gasteiger partial charge in [0.05, 0.1) is 13.2 Å². The van der Waals surface area contributed by atoms with E-state index < -0.39 is 5.54 Å². The van der Waals surface area contributed by atoms with Crippen LogP contribution in [0.25, 0.3) is 0 Å². The highest BCUT2D eigenvalue weighted by molar-refractivity contribution is 6.31. The van der Waals surface area contributed by atoms with Crippen LogP contribution in [0.4, 0.5) is 0 Å². The van der Waals surface area contributed by atoms with Crippen molar-refractivity contribution in [3.05, 3.63) is 28.3 Å². The van der Waals surface area contributed by atoms with E-state index >= 15 is 0 Å². The number of aryl methyl sites for hydroxylation is 1. The summed E-state index contributed by atoms with van der Waals surface area (Å²) in [6.45, 7) is 5.68. The molecule has 1 aromatic rings. The molecule has 1 rings (SSSR count). The van der Waals surface area contributed by atoms with E-state index in [0.717, 1.165) is 16.9 Å². The number of nitrogens with two attached hydrogens (primary N) is 2. The van der Waals surface area contributed by atoms with Crippen molar-refractivity contribution in [3.8, 4) is 5.75 Å². The third kappa shape index (κ3) is 2.67. The number of methoxy groups -OCH3 is 1. The van der Waals surface area contributed by atoms with Crippen LogP contribution in [0.1, 0.15) is 31.0 Å². The number of ether oxygens (including phenoxy) is 1. The fraction of sp³-hybridized carbons (Fsp3) is 0.500. The summed E-state index contributed by atoms with van der Waals surface area (Å²) in [5.41, 5.74) is 13.4. The Balaban J connectivity index is 3.27. The first-order valence-electron chi connectivity index (χ1n) is 5.16. The lowest BCUT2D eigenvalue weighted by Gasteiger charge is -2.28. The zero-order chi connectivity index (χ0) is 12.5. The summed E-state index contributed by atoms with van der Waals surface area (Å²) >= 11 is 6.09. The molecule has 0 aliphatic carbocycles. The van der Waals surface area contributed by atoms with E-state index in [1.165, 1.54) is 0 Å². The minimum atomic E-state index is -0.522. The van der Waals surface area contributed by atoms with Crippen LogP contribution < -0.4 is 16.2 Å². The fourth-order valence-corrected chi connectivity index (χ4v) is 1.66. The van der Waals surface area contributed by atoms with Crippen LogP contribution in [0.5, 0.6) is 5.75 Å². The summed E-state index contributed by atoms with van der Waals surface area (Å²) in [5.74, 6) is 0.730. The molecular formula is C12H19ClN2O. The molecule has 0 saturated carbocycles. The monoisotopic (exact) mass is 242 g/mol. The minimum absolute atomic E-state index is 0.319. The molecule has 3 nitrogen and oxygen atoms in total. The van der Waals surface area contributed by atoms with E-state index in [9.17, 15) is 0 Å². The van der Waals surface area contributed by atoms with Gasteiger partial charge in [0.15, 0.2) is 0 Å². The largest absolute Gasteiger partial charge is 0.496 e. The molecule has 16 heavy (non-hydrogen) atoms. The Bertz CT molecular complexity index is 385. The first-order valence-corrected chi connectivity index (χ1v) is 5.53. The molecule has 0 saturated heterocycles. The molecule has 0 amide bonds. The van der Waals surface area contributed by atoms with E-state index in [-0.39, 0.29) is 6.04 Å². The third-order valence-corrected chi connectivity index (χ3v) is 3.05. The van der Waals surface area contributed by atoms with Crippen LogP contribution in [-0.2, 0) is 0 Å². The second-order valence-corrected chi connectivity index (χ2v) is 5.05. The summed E-state index contributed by atoms with van der Waals surface area (Å²) < 4.78 is 5.30. The van der Waals surface area contributed by atoms with E-state index in [2.05, 4.69) is 0 Å². The Morgan fingerprint density at radius 1 is 1.38 bits per heavy atom. The molecule has 1 unspecified atom stereocenters. The molecule has 0 spiro atoms. The van der Waals surface area contributed by atoms with Crippen molar-refractivity contribution >= 4 is 11.6 Å². The molecule has 90 valence electrons. The van der Waals surface area contributed by atoms with Gasteiger partial charge in [-0.15, -0.1) is 0 Å². The van der Waals surface area contributed by atoms with Crippen molar-refractivity contribution in [3.63, 3.8) is 0 Å². The van der Waals surface area contributed by atoms with E-state index in [0.29, 0.717) is 5.02 Å². The van der Waals surface area contributed by atoms with Gasteiger partial charge in [-0.3, -0.25) is 0 Å². The van der Waals surface area contributed by atoms with E-state index in [4.69, 9.17) is 27.8 Å². The maximum atomic E-state index is 6.10. The Labute approximate surface area is 102 Å². The van der Waals surface area contributed by atoms with Crippen molar-refractivity contribution in [2.24, 2.45) is 11.5 Å². The number of hydrogen-bond donors (Lipinski definition) is 2. The van der Waals surface area contributed by atoms with Crippen molar-refractivity contribution < 1.29 is 4.74 Å². The normalized spacial score (nSPS) is 13.7. The molecular weight excluding hydrogens is 224 g/mol. The molecule has 4 heteroatoms. The van der Waals surface area contributed by atoms with Gasteiger partial charge in [-0.1, -0.05) is 11.6 Å². The van der Waals surface area contributed by atoms with Crippen LogP contribution in [-0.4, -0.2) is 12.6 Å². The summed E-state index contributed by atoms with van der Waals surface area (Å²) in [4.78, 5) is 0. The Kier molecular flexibility index (Phi) is 3.84. The van der Waals surface area contributed by atoms with Crippen molar-refractivity contribution in [2.45, 2.75) is 32.4 Å². The molecule has 0 aliphatic heterocycles. The molecule has 0 aliphatic rings. The Morgan fingerprint density at radius 3 is 2.38 bits per heavy atom. The number of benzene rings is 1. The maximum absolute atomic E-state index is 6.10. The molecule has 0 bridgehead atoms. The molecule has 1 atom stereocenters. The highest BCUT2D eigenvalue weighted by atomic mass is 35.5. The first-order chi connectivity index (χ1) is 7.27. The predicted molar refractivity (Wildman–Crippen MR) is 67.9 cm³/mol. The average molecular weight is 243 g/mol. The molecule has 0 fully saturated rings. The van der Waals surface area contributed by atoms with Gasteiger partial charge in [-0.25, -0.2) is 0 Å². The standard InChI is InChI=1S/C12H19ClN2O/c1-7-5-10(16-4)8(6-9(7)13)11(14)12(2,3)15/h5-6,11H,14-15H2,1-4H3. The van der Waals surface area contributed by atoms with Crippen LogP contribution in [0.2, 0.25) is 5.02 Å². The zero-order valence-corrected chi connectivity index (χ0v) is 10.9. The predicted octanol–water partition coefficient (Wildman–Crippen LogP) is 2.39. The third-order valence-electron chi connectivity index (χ3n) is 2.65. The highest BCUT2D eigenvalue weighted by Gasteiger charge is 2.26. The Hall–Kier alpha value is -0.770. The lowest BCUT2D eigenvalue weighted by Crippen LogP contribution is -2.43. The van der Waals surface area contributed by atoms with Crippen molar-refractivity contribution in [1.29, 1.82) is 0 Å². The van der Waals surface area contributed by atoms with Crippen molar-refractivity contribution in [2.75, 3.05) is 7.11 Å². The van der Waals surface area contributed by atoms with Crippen LogP contribution >= 0.6 is 11.6 Å². The Morgan fingerprint density at radius 2 is 1.94 bits per heavy atom. The van der Waals surface area contributed by atoms with Crippen LogP contribution in [0.3, 0.4) is 0 Å². The van der Waals surface area contributed by atoms with Crippen LogP contribution in [0, 0.1) is 6.92 Å². The number of hydrogen-bond acceptors (Lipinski definition) is 3. The lowest BCUT2D eigenvalue weighted by atomic mass is 9.89. The van der Waals surface area contributed by atoms with Crippen molar-refractivity contribution in [1.82, 2.24) is 0 Å². The molecule has 0 aromatic heterocycles. The van der Waals surface area contributed by atoms with Gasteiger partial charge in [0.2, 0.25) is 0 Å². The SMILES string of the molecule is COc1cc(C)c(Cl)cc1C(N)C(C)(C)N. The topological polar surface area (TPSA) is 61.3 Å². The van der Waals surface area contributed by atoms with Gasteiger partial charge >= 0.3 is 0 Å². The number of rotatable bonds is 3. The van der Waals surface area contributed by atoms with E-state index in [1.54, 1.807) is 7.11 Å². The first kappa shape index (κ1) is 13.3. The summed E-state index contributed by atoms with van der Waals surface area (Å²) in [6, 6.07) is 3.39. The fourth-order valence-electron chi connectivity index (χ4n) is 1.49. The zero-order valence-electron chi connectivity index (χ0n) is 10.2. The molecule has 1 aromatic carbocycles. The molecule has 0 heterocycles.